The normalized spacial score (nSPS) is 18.6. The van der Waals surface area contributed by atoms with Crippen LogP contribution in [0.3, 0.4) is 0 Å². The number of hydrogen-bond donors (Lipinski definition) is 3. The first-order chi connectivity index (χ1) is 16.8. The van der Waals surface area contributed by atoms with Crippen molar-refractivity contribution in [3.05, 3.63) is 28.5 Å². The Kier molecular flexibility index (Phi) is 8.60. The number of carbonyl (C=O) groups excluding carboxylic acids is 2. The van der Waals surface area contributed by atoms with Gasteiger partial charge in [0.25, 0.3) is 11.8 Å². The zero-order valence-corrected chi connectivity index (χ0v) is 21.8. The predicted molar refractivity (Wildman–Crippen MR) is 132 cm³/mol. The number of likely N-dealkylation sites (tertiary alicyclic amines) is 1. The van der Waals surface area contributed by atoms with Crippen molar-refractivity contribution in [3.63, 3.8) is 0 Å². The summed E-state index contributed by atoms with van der Waals surface area (Å²) >= 11 is 1.01. The van der Waals surface area contributed by atoms with E-state index in [1.807, 2.05) is 6.92 Å². The Morgan fingerprint density at radius 2 is 2.03 bits per heavy atom. The standard InChI is InChI=1S/C24H32F3N5O3S/c1-6-17(24(25,26)27)30-18-10-12(2)16(11-28-18)20-19(23(35)32-9-7-8-13(32)3)31-22(36-20)21(34)29-14(4)15(5)33/h10-11,13-15,17,33H,6-9H2,1-5H3,(H,28,30)(H,29,34)/t13-,14+,15+,17-/m0/s1. The van der Waals surface area contributed by atoms with E-state index in [0.29, 0.717) is 22.5 Å². The number of amides is 2. The summed E-state index contributed by atoms with van der Waals surface area (Å²) in [6.07, 6.45) is -2.23. The molecule has 0 saturated carbocycles. The predicted octanol–water partition coefficient (Wildman–Crippen LogP) is 4.39. The summed E-state index contributed by atoms with van der Waals surface area (Å²) in [7, 11) is 0. The molecule has 12 heteroatoms. The van der Waals surface area contributed by atoms with Crippen LogP contribution in [0.5, 0.6) is 0 Å². The smallest absolute Gasteiger partial charge is 0.391 e. The maximum Gasteiger partial charge on any atom is 0.408 e. The van der Waals surface area contributed by atoms with Crippen LogP contribution in [0.1, 0.15) is 72.8 Å². The fourth-order valence-corrected chi connectivity index (χ4v) is 5.01. The second-order valence-corrected chi connectivity index (χ2v) is 10.2. The molecule has 0 radical (unpaired) electrons. The molecule has 8 nitrogen and oxygen atoms in total. The molecule has 2 aromatic heterocycles. The van der Waals surface area contributed by atoms with Crippen molar-refractivity contribution in [3.8, 4) is 10.4 Å². The monoisotopic (exact) mass is 527 g/mol. The minimum absolute atomic E-state index is 0.0266. The Hall–Kier alpha value is -2.73. The van der Waals surface area contributed by atoms with Gasteiger partial charge in [-0.2, -0.15) is 13.2 Å². The van der Waals surface area contributed by atoms with Crippen LogP contribution in [-0.4, -0.2) is 68.7 Å². The van der Waals surface area contributed by atoms with E-state index in [1.165, 1.54) is 19.2 Å². The first-order valence-corrected chi connectivity index (χ1v) is 12.8. The number of pyridine rings is 1. The van der Waals surface area contributed by atoms with E-state index in [4.69, 9.17) is 0 Å². The number of nitrogens with one attached hydrogen (secondary N) is 2. The second kappa shape index (κ2) is 11.1. The molecule has 3 rings (SSSR count). The average Bonchev–Trinajstić information content (AvgIpc) is 3.43. The molecule has 3 heterocycles. The third kappa shape index (κ3) is 6.15. The molecular weight excluding hydrogens is 495 g/mol. The van der Waals surface area contributed by atoms with Gasteiger partial charge in [0.05, 0.1) is 17.0 Å². The van der Waals surface area contributed by atoms with E-state index in [1.54, 1.807) is 25.7 Å². The number of aromatic nitrogens is 2. The quantitative estimate of drug-likeness (QED) is 0.470. The molecule has 2 amide bonds. The lowest BCUT2D eigenvalue weighted by Gasteiger charge is -2.22. The van der Waals surface area contributed by atoms with Gasteiger partial charge in [-0.05, 0) is 58.6 Å². The Morgan fingerprint density at radius 3 is 2.56 bits per heavy atom. The summed E-state index contributed by atoms with van der Waals surface area (Å²) < 4.78 is 39.6. The van der Waals surface area contributed by atoms with Crippen molar-refractivity contribution in [1.29, 1.82) is 0 Å². The molecule has 1 aliphatic heterocycles. The number of aliphatic hydroxyl groups is 1. The van der Waals surface area contributed by atoms with Gasteiger partial charge in [0, 0.05) is 24.3 Å². The molecule has 1 saturated heterocycles. The van der Waals surface area contributed by atoms with Crippen LogP contribution in [0.4, 0.5) is 19.0 Å². The zero-order valence-electron chi connectivity index (χ0n) is 20.9. The summed E-state index contributed by atoms with van der Waals surface area (Å²) in [6.45, 7) is 8.87. The van der Waals surface area contributed by atoms with Crippen LogP contribution in [0.2, 0.25) is 0 Å². The highest BCUT2D eigenvalue weighted by atomic mass is 32.1. The summed E-state index contributed by atoms with van der Waals surface area (Å²) in [5.74, 6) is -0.767. The Balaban J connectivity index is 2.00. The van der Waals surface area contributed by atoms with Crippen molar-refractivity contribution in [2.45, 2.75) is 84.3 Å². The molecule has 2 aromatic rings. The van der Waals surface area contributed by atoms with Crippen molar-refractivity contribution in [1.82, 2.24) is 20.2 Å². The van der Waals surface area contributed by atoms with Gasteiger partial charge >= 0.3 is 6.18 Å². The molecular formula is C24H32F3N5O3S. The molecule has 3 N–H and O–H groups in total. The fraction of sp³-hybridized carbons (Fsp3) is 0.583. The number of thiazole rings is 1. The highest BCUT2D eigenvalue weighted by Crippen LogP contribution is 2.35. The third-order valence-corrected chi connectivity index (χ3v) is 7.49. The van der Waals surface area contributed by atoms with Gasteiger partial charge in [-0.25, -0.2) is 9.97 Å². The first-order valence-electron chi connectivity index (χ1n) is 11.9. The van der Waals surface area contributed by atoms with E-state index in [9.17, 15) is 27.9 Å². The third-order valence-electron chi connectivity index (χ3n) is 6.40. The van der Waals surface area contributed by atoms with Crippen LogP contribution >= 0.6 is 11.3 Å². The number of nitrogens with zero attached hydrogens (tertiary/aromatic N) is 3. The lowest BCUT2D eigenvalue weighted by Crippen LogP contribution is -2.39. The molecule has 0 aromatic carbocycles. The minimum Gasteiger partial charge on any atom is -0.391 e. The first kappa shape index (κ1) is 27.9. The van der Waals surface area contributed by atoms with Crippen molar-refractivity contribution < 1.29 is 27.9 Å². The Labute approximate surface area is 212 Å². The molecule has 1 fully saturated rings. The SMILES string of the molecule is CC[C@H](Nc1cc(C)c(-c2sc(C(=O)N[C@H](C)[C@@H](C)O)nc2C(=O)N2CCC[C@@H]2C)cn1)C(F)(F)F. The van der Waals surface area contributed by atoms with E-state index in [2.05, 4.69) is 20.6 Å². The number of aryl methyl sites for hydroxylation is 1. The second-order valence-electron chi connectivity index (χ2n) is 9.22. The minimum atomic E-state index is -4.42. The van der Waals surface area contributed by atoms with Gasteiger partial charge in [0.1, 0.15) is 17.6 Å². The largest absolute Gasteiger partial charge is 0.408 e. The number of halogens is 3. The van der Waals surface area contributed by atoms with E-state index < -0.39 is 30.3 Å². The topological polar surface area (TPSA) is 107 Å². The number of carbonyl (C=O) groups is 2. The van der Waals surface area contributed by atoms with Crippen LogP contribution < -0.4 is 10.6 Å². The van der Waals surface area contributed by atoms with E-state index in [-0.39, 0.29) is 34.9 Å². The highest BCUT2D eigenvalue weighted by Gasteiger charge is 2.38. The van der Waals surface area contributed by atoms with Gasteiger partial charge in [0.2, 0.25) is 0 Å². The number of alkyl halides is 3. The molecule has 0 spiro atoms. The summed E-state index contributed by atoms with van der Waals surface area (Å²) in [5, 5.41) is 14.9. The number of rotatable bonds is 8. The van der Waals surface area contributed by atoms with E-state index in [0.717, 1.165) is 24.2 Å². The summed E-state index contributed by atoms with van der Waals surface area (Å²) in [6, 6.07) is -0.750. The van der Waals surface area contributed by atoms with Gasteiger partial charge in [-0.3, -0.25) is 9.59 Å². The van der Waals surface area contributed by atoms with Gasteiger partial charge in [-0.15, -0.1) is 11.3 Å². The average molecular weight is 528 g/mol. The molecule has 0 aliphatic carbocycles. The number of hydrogen-bond acceptors (Lipinski definition) is 7. The summed E-state index contributed by atoms with van der Waals surface area (Å²) in [5.41, 5.74) is 1.20. The Morgan fingerprint density at radius 1 is 1.33 bits per heavy atom. The van der Waals surface area contributed by atoms with Gasteiger partial charge in [-0.1, -0.05) is 6.92 Å². The maximum absolute atomic E-state index is 13.4. The lowest BCUT2D eigenvalue weighted by atomic mass is 10.1. The van der Waals surface area contributed by atoms with E-state index >= 15 is 0 Å². The maximum atomic E-state index is 13.4. The Bertz CT molecular complexity index is 1110. The number of aliphatic hydroxyl groups excluding tert-OH is 1. The van der Waals surface area contributed by atoms with Crippen molar-refractivity contribution in [2.75, 3.05) is 11.9 Å². The van der Waals surface area contributed by atoms with Gasteiger partial charge in [0.15, 0.2) is 5.01 Å². The van der Waals surface area contributed by atoms with Crippen LogP contribution in [-0.2, 0) is 0 Å². The van der Waals surface area contributed by atoms with Crippen LogP contribution in [0.25, 0.3) is 10.4 Å². The molecule has 1 aliphatic rings. The van der Waals surface area contributed by atoms with Crippen LogP contribution in [0, 0.1) is 6.92 Å². The lowest BCUT2D eigenvalue weighted by molar-refractivity contribution is -0.142. The fourth-order valence-electron chi connectivity index (χ4n) is 3.97. The molecule has 198 valence electrons. The molecule has 36 heavy (non-hydrogen) atoms. The zero-order chi connectivity index (χ0) is 26.8. The molecule has 0 bridgehead atoms. The molecule has 4 atom stereocenters. The molecule has 0 unspecified atom stereocenters. The van der Waals surface area contributed by atoms with Gasteiger partial charge < -0.3 is 20.6 Å². The van der Waals surface area contributed by atoms with Crippen molar-refractivity contribution in [2.24, 2.45) is 0 Å². The summed E-state index contributed by atoms with van der Waals surface area (Å²) in [4.78, 5) is 36.9. The number of anilines is 1. The van der Waals surface area contributed by atoms with Crippen LogP contribution in [0.15, 0.2) is 12.3 Å². The highest BCUT2D eigenvalue weighted by molar-refractivity contribution is 7.17. The van der Waals surface area contributed by atoms with Crippen molar-refractivity contribution >= 4 is 29.0 Å².